The predicted molar refractivity (Wildman–Crippen MR) is 126 cm³/mol. The van der Waals surface area contributed by atoms with Crippen LogP contribution < -0.4 is 20.1 Å². The first-order valence-corrected chi connectivity index (χ1v) is 12.9. The molecular weight excluding hydrogens is 463 g/mol. The number of ether oxygens (including phenoxy) is 1. The summed E-state index contributed by atoms with van der Waals surface area (Å²) in [5.74, 6) is -0.426. The zero-order valence-corrected chi connectivity index (χ0v) is 19.9. The topological polar surface area (TPSA) is 129 Å². The number of sulfonamides is 1. The molecule has 4 rings (SSSR count). The standard InChI is InChI=1S/C23H27FN4O5S/c1-12-20(11-18-17-10-14(24)4-9-19(17)27-22(18)29)25-13(2)21(12)33-23(30)26-15-5-7-16(8-6-15)28-34(3,31)32/h4,9-11,15-16,25,28H,5-8H2,1-3H3,(H,26,30)(H,27,29)/b18-11-. The molecule has 0 spiro atoms. The largest absolute Gasteiger partial charge is 0.412 e. The fourth-order valence-corrected chi connectivity index (χ4v) is 5.29. The second kappa shape index (κ2) is 9.22. The zero-order chi connectivity index (χ0) is 24.6. The van der Waals surface area contributed by atoms with Gasteiger partial charge in [-0.15, -0.1) is 0 Å². The van der Waals surface area contributed by atoms with Crippen molar-refractivity contribution in [1.29, 1.82) is 0 Å². The van der Waals surface area contributed by atoms with Gasteiger partial charge in [0.25, 0.3) is 5.91 Å². The molecule has 11 heteroatoms. The minimum Gasteiger partial charge on any atom is -0.408 e. The summed E-state index contributed by atoms with van der Waals surface area (Å²) in [6.07, 6.45) is 4.67. The third-order valence-electron chi connectivity index (χ3n) is 6.09. The van der Waals surface area contributed by atoms with E-state index in [4.69, 9.17) is 4.74 Å². The van der Waals surface area contributed by atoms with Crippen molar-refractivity contribution in [3.63, 3.8) is 0 Å². The number of hydrogen-bond acceptors (Lipinski definition) is 5. The molecule has 2 amide bonds. The molecule has 1 saturated carbocycles. The van der Waals surface area contributed by atoms with Gasteiger partial charge in [-0.05, 0) is 63.8 Å². The van der Waals surface area contributed by atoms with Gasteiger partial charge in [-0.2, -0.15) is 0 Å². The second-order valence-corrected chi connectivity index (χ2v) is 10.6. The highest BCUT2D eigenvalue weighted by atomic mass is 32.2. The number of H-pyrrole nitrogens is 1. The molecule has 1 fully saturated rings. The fraction of sp³-hybridized carbons (Fsp3) is 0.391. The summed E-state index contributed by atoms with van der Waals surface area (Å²) >= 11 is 0. The Morgan fingerprint density at radius 2 is 1.85 bits per heavy atom. The van der Waals surface area contributed by atoms with Crippen LogP contribution in [-0.2, 0) is 14.8 Å². The number of aromatic amines is 1. The Kier molecular flexibility index (Phi) is 6.50. The number of halogens is 1. The van der Waals surface area contributed by atoms with Gasteiger partial charge in [0.1, 0.15) is 5.82 Å². The highest BCUT2D eigenvalue weighted by Gasteiger charge is 2.27. The number of anilines is 1. The monoisotopic (exact) mass is 490 g/mol. The molecule has 4 N–H and O–H groups in total. The number of carbonyl (C=O) groups is 2. The van der Waals surface area contributed by atoms with Gasteiger partial charge in [0.2, 0.25) is 10.0 Å². The molecule has 2 aliphatic rings. The maximum Gasteiger partial charge on any atom is 0.412 e. The molecule has 182 valence electrons. The Hall–Kier alpha value is -3.18. The highest BCUT2D eigenvalue weighted by molar-refractivity contribution is 7.88. The lowest BCUT2D eigenvalue weighted by Gasteiger charge is -2.28. The maximum absolute atomic E-state index is 13.7. The molecule has 0 atom stereocenters. The van der Waals surface area contributed by atoms with E-state index >= 15 is 0 Å². The van der Waals surface area contributed by atoms with Gasteiger partial charge in [-0.3, -0.25) is 4.79 Å². The van der Waals surface area contributed by atoms with Crippen molar-refractivity contribution in [2.24, 2.45) is 0 Å². The Morgan fingerprint density at radius 3 is 2.53 bits per heavy atom. The van der Waals surface area contributed by atoms with Crippen molar-refractivity contribution < 1.29 is 27.1 Å². The lowest BCUT2D eigenvalue weighted by Crippen LogP contribution is -2.44. The van der Waals surface area contributed by atoms with Crippen molar-refractivity contribution in [3.05, 3.63) is 46.5 Å². The SMILES string of the molecule is Cc1[nH]c(/C=C2\C(=O)Nc3ccc(F)cc32)c(C)c1OC(=O)NC1CCC(NS(C)(=O)=O)CC1. The minimum atomic E-state index is -3.26. The van der Waals surface area contributed by atoms with Gasteiger partial charge < -0.3 is 20.4 Å². The first-order valence-electron chi connectivity index (χ1n) is 11.0. The average molecular weight is 491 g/mol. The second-order valence-electron chi connectivity index (χ2n) is 8.79. The van der Waals surface area contributed by atoms with E-state index in [-0.39, 0.29) is 18.0 Å². The van der Waals surface area contributed by atoms with Crippen LogP contribution >= 0.6 is 0 Å². The van der Waals surface area contributed by atoms with Crippen LogP contribution in [0.5, 0.6) is 5.75 Å². The molecule has 0 saturated heterocycles. The van der Waals surface area contributed by atoms with Crippen LogP contribution in [0.15, 0.2) is 18.2 Å². The fourth-order valence-electron chi connectivity index (χ4n) is 4.45. The summed E-state index contributed by atoms with van der Waals surface area (Å²) in [7, 11) is -3.26. The summed E-state index contributed by atoms with van der Waals surface area (Å²) in [5, 5.41) is 5.55. The molecule has 1 aromatic carbocycles. The van der Waals surface area contributed by atoms with Gasteiger partial charge in [0.15, 0.2) is 5.75 Å². The number of amides is 2. The van der Waals surface area contributed by atoms with E-state index in [0.29, 0.717) is 65.2 Å². The molecule has 0 unspecified atom stereocenters. The summed E-state index contributed by atoms with van der Waals surface area (Å²) in [6.45, 7) is 3.52. The predicted octanol–water partition coefficient (Wildman–Crippen LogP) is 3.21. The van der Waals surface area contributed by atoms with E-state index in [9.17, 15) is 22.4 Å². The van der Waals surface area contributed by atoms with Gasteiger partial charge in [-0.1, -0.05) is 0 Å². The van der Waals surface area contributed by atoms with E-state index in [2.05, 4.69) is 20.3 Å². The van der Waals surface area contributed by atoms with Crippen molar-refractivity contribution in [1.82, 2.24) is 15.0 Å². The Morgan fingerprint density at radius 1 is 1.18 bits per heavy atom. The molecule has 1 aliphatic heterocycles. The van der Waals surface area contributed by atoms with Crippen LogP contribution in [0.4, 0.5) is 14.9 Å². The number of nitrogens with one attached hydrogen (secondary N) is 4. The number of rotatable bonds is 5. The first-order chi connectivity index (χ1) is 16.0. The Balaban J connectivity index is 1.43. The normalized spacial score (nSPS) is 21.3. The third-order valence-corrected chi connectivity index (χ3v) is 6.85. The van der Waals surface area contributed by atoms with E-state index in [1.165, 1.54) is 18.2 Å². The number of benzene rings is 1. The Bertz CT molecular complexity index is 1280. The van der Waals surface area contributed by atoms with Crippen LogP contribution in [0.3, 0.4) is 0 Å². The smallest absolute Gasteiger partial charge is 0.408 e. The van der Waals surface area contributed by atoms with E-state index in [1.807, 2.05) is 0 Å². The molecular formula is C23H27FN4O5S. The molecule has 1 aromatic heterocycles. The molecule has 2 heterocycles. The van der Waals surface area contributed by atoms with Crippen LogP contribution in [-0.4, -0.2) is 43.7 Å². The third kappa shape index (κ3) is 5.31. The summed E-state index contributed by atoms with van der Waals surface area (Å²) in [4.78, 5) is 28.0. The van der Waals surface area contributed by atoms with Crippen molar-refractivity contribution in [3.8, 4) is 5.75 Å². The summed E-state index contributed by atoms with van der Waals surface area (Å²) < 4.78 is 44.6. The van der Waals surface area contributed by atoms with Crippen LogP contribution in [0.25, 0.3) is 11.6 Å². The number of aryl methyl sites for hydroxylation is 1. The van der Waals surface area contributed by atoms with Crippen molar-refractivity contribution >= 4 is 39.4 Å². The number of hydrogen-bond donors (Lipinski definition) is 4. The van der Waals surface area contributed by atoms with E-state index < -0.39 is 21.9 Å². The number of carbonyl (C=O) groups excluding carboxylic acids is 2. The summed E-state index contributed by atoms with van der Waals surface area (Å²) in [6, 6.07) is 3.86. The molecule has 34 heavy (non-hydrogen) atoms. The molecule has 1 aliphatic carbocycles. The number of aromatic nitrogens is 1. The lowest BCUT2D eigenvalue weighted by atomic mass is 9.92. The van der Waals surface area contributed by atoms with Crippen molar-refractivity contribution in [2.45, 2.75) is 51.6 Å². The van der Waals surface area contributed by atoms with Gasteiger partial charge >= 0.3 is 6.09 Å². The summed E-state index contributed by atoms with van der Waals surface area (Å²) in [5.41, 5.74) is 3.15. The Labute approximate surface area is 197 Å². The first kappa shape index (κ1) is 24.0. The lowest BCUT2D eigenvalue weighted by molar-refractivity contribution is -0.110. The van der Waals surface area contributed by atoms with Gasteiger partial charge in [-0.25, -0.2) is 22.3 Å². The minimum absolute atomic E-state index is 0.111. The zero-order valence-electron chi connectivity index (χ0n) is 19.1. The van der Waals surface area contributed by atoms with Gasteiger partial charge in [0, 0.05) is 34.6 Å². The van der Waals surface area contributed by atoms with Crippen molar-refractivity contribution in [2.75, 3.05) is 11.6 Å². The van der Waals surface area contributed by atoms with Gasteiger partial charge in [0.05, 0.1) is 17.5 Å². The number of fused-ring (bicyclic) bond motifs is 1. The average Bonchev–Trinajstić information content (AvgIpc) is 3.19. The van der Waals surface area contributed by atoms with E-state index in [1.54, 1.807) is 19.9 Å². The van der Waals surface area contributed by atoms with Crippen LogP contribution in [0, 0.1) is 19.7 Å². The van der Waals surface area contributed by atoms with E-state index in [0.717, 1.165) is 6.26 Å². The van der Waals surface area contributed by atoms with Crippen LogP contribution in [0.2, 0.25) is 0 Å². The maximum atomic E-state index is 13.7. The van der Waals surface area contributed by atoms with Crippen LogP contribution in [0.1, 0.15) is 48.2 Å². The highest BCUT2D eigenvalue weighted by Crippen LogP contribution is 2.35. The quantitative estimate of drug-likeness (QED) is 0.479. The molecule has 0 radical (unpaired) electrons. The molecule has 2 aromatic rings. The molecule has 9 nitrogen and oxygen atoms in total. The molecule has 0 bridgehead atoms.